The number of rotatable bonds is 3. The minimum absolute atomic E-state index is 0.186. The number of amides is 1. The highest BCUT2D eigenvalue weighted by atomic mass is 19.1. The molecular weight excluding hydrogens is 395 g/mol. The van der Waals surface area contributed by atoms with Crippen LogP contribution in [0.25, 0.3) is 5.69 Å². The molecule has 31 heavy (non-hydrogen) atoms. The van der Waals surface area contributed by atoms with Gasteiger partial charge in [-0.15, -0.1) is 0 Å². The Morgan fingerprint density at radius 3 is 2.32 bits per heavy atom. The third-order valence-corrected chi connectivity index (χ3v) is 5.87. The first-order chi connectivity index (χ1) is 14.9. The highest BCUT2D eigenvalue weighted by molar-refractivity contribution is 5.92. The first kappa shape index (κ1) is 20.8. The van der Waals surface area contributed by atoms with E-state index in [1.807, 2.05) is 6.07 Å². The van der Waals surface area contributed by atoms with Crippen LogP contribution in [0.1, 0.15) is 27.3 Å². The summed E-state index contributed by atoms with van der Waals surface area (Å²) in [6.07, 6.45) is 0. The van der Waals surface area contributed by atoms with Crippen molar-refractivity contribution in [3.8, 4) is 5.69 Å². The second kappa shape index (κ2) is 8.34. The van der Waals surface area contributed by atoms with Gasteiger partial charge in [0.15, 0.2) is 5.69 Å². The lowest BCUT2D eigenvalue weighted by atomic mass is 10.1. The molecule has 0 bridgehead atoms. The Morgan fingerprint density at radius 2 is 1.61 bits per heavy atom. The number of aryl methyl sites for hydroxylation is 2. The fourth-order valence-electron chi connectivity index (χ4n) is 3.94. The van der Waals surface area contributed by atoms with Gasteiger partial charge in [-0.25, -0.2) is 9.07 Å². The van der Waals surface area contributed by atoms with Crippen LogP contribution in [-0.2, 0) is 0 Å². The van der Waals surface area contributed by atoms with Crippen molar-refractivity contribution in [2.24, 2.45) is 0 Å². The number of halogens is 1. The Bertz CT molecular complexity index is 1200. The number of nitrogens with zero attached hydrogens (tertiary/aromatic N) is 4. The van der Waals surface area contributed by atoms with Gasteiger partial charge in [0.05, 0.1) is 0 Å². The van der Waals surface area contributed by atoms with E-state index in [9.17, 15) is 14.0 Å². The summed E-state index contributed by atoms with van der Waals surface area (Å²) in [7, 11) is 0. The van der Waals surface area contributed by atoms with E-state index in [0.717, 1.165) is 0 Å². The van der Waals surface area contributed by atoms with Crippen LogP contribution in [0.5, 0.6) is 0 Å². The van der Waals surface area contributed by atoms with Crippen molar-refractivity contribution < 1.29 is 9.18 Å². The van der Waals surface area contributed by atoms with E-state index >= 15 is 0 Å². The van der Waals surface area contributed by atoms with E-state index in [4.69, 9.17) is 0 Å². The largest absolute Gasteiger partial charge is 0.368 e. The molecule has 1 saturated heterocycles. The SMILES string of the molecule is Cc1cccc(N2CCN(C(=O)c3nn(-c4ccccc4F)c(C)cc3=O)CC2)c1C. The van der Waals surface area contributed by atoms with Crippen molar-refractivity contribution in [3.05, 3.63) is 87.1 Å². The topological polar surface area (TPSA) is 58.4 Å². The van der Waals surface area contributed by atoms with Gasteiger partial charge in [-0.1, -0.05) is 24.3 Å². The number of hydrogen-bond donors (Lipinski definition) is 0. The number of carbonyl (C=O) groups is 1. The highest BCUT2D eigenvalue weighted by Crippen LogP contribution is 2.24. The third-order valence-electron chi connectivity index (χ3n) is 5.87. The molecule has 1 aromatic heterocycles. The molecule has 1 aliphatic heterocycles. The molecule has 0 spiro atoms. The zero-order valence-electron chi connectivity index (χ0n) is 17.9. The Morgan fingerprint density at radius 1 is 0.935 bits per heavy atom. The maximum absolute atomic E-state index is 14.3. The summed E-state index contributed by atoms with van der Waals surface area (Å²) in [6, 6.07) is 13.7. The monoisotopic (exact) mass is 420 g/mol. The predicted molar refractivity (Wildman–Crippen MR) is 119 cm³/mol. The zero-order chi connectivity index (χ0) is 22.1. The standard InChI is InChI=1S/C24H25FN4O2/c1-16-7-6-10-20(18(16)3)27-11-13-28(14-12-27)24(31)23-22(30)15-17(2)29(26-23)21-9-5-4-8-19(21)25/h4-10,15H,11-14H2,1-3H3. The molecule has 2 heterocycles. The van der Waals surface area contributed by atoms with Gasteiger partial charge in [-0.2, -0.15) is 5.10 Å². The number of benzene rings is 2. The van der Waals surface area contributed by atoms with Gasteiger partial charge >= 0.3 is 0 Å². The molecule has 6 nitrogen and oxygen atoms in total. The van der Waals surface area contributed by atoms with E-state index in [-0.39, 0.29) is 11.4 Å². The zero-order valence-corrected chi connectivity index (χ0v) is 17.9. The Hall–Kier alpha value is -3.48. The van der Waals surface area contributed by atoms with Crippen LogP contribution in [-0.4, -0.2) is 46.8 Å². The Kier molecular flexibility index (Phi) is 5.59. The summed E-state index contributed by atoms with van der Waals surface area (Å²) >= 11 is 0. The molecule has 2 aromatic carbocycles. The predicted octanol–water partition coefficient (Wildman–Crippen LogP) is 3.26. The number of carbonyl (C=O) groups excluding carboxylic acids is 1. The first-order valence-electron chi connectivity index (χ1n) is 10.3. The van der Waals surface area contributed by atoms with Gasteiger partial charge in [0.1, 0.15) is 11.5 Å². The molecule has 0 radical (unpaired) electrons. The number of para-hydroxylation sites is 1. The minimum atomic E-state index is -0.470. The maximum Gasteiger partial charge on any atom is 0.278 e. The molecule has 7 heteroatoms. The molecular formula is C24H25FN4O2. The molecule has 3 aromatic rings. The summed E-state index contributed by atoms with van der Waals surface area (Å²) < 4.78 is 15.6. The van der Waals surface area contributed by atoms with Crippen molar-refractivity contribution in [2.75, 3.05) is 31.1 Å². The smallest absolute Gasteiger partial charge is 0.278 e. The van der Waals surface area contributed by atoms with Gasteiger partial charge in [0.2, 0.25) is 5.43 Å². The molecule has 4 rings (SSSR count). The van der Waals surface area contributed by atoms with Crippen LogP contribution in [0, 0.1) is 26.6 Å². The van der Waals surface area contributed by atoms with Gasteiger partial charge < -0.3 is 9.80 Å². The lowest BCUT2D eigenvalue weighted by molar-refractivity contribution is 0.0737. The second-order valence-corrected chi connectivity index (χ2v) is 7.86. The fourth-order valence-corrected chi connectivity index (χ4v) is 3.94. The summed E-state index contributed by atoms with van der Waals surface area (Å²) in [4.78, 5) is 29.5. The Balaban J connectivity index is 1.57. The summed E-state index contributed by atoms with van der Waals surface area (Å²) in [5.74, 6) is -0.891. The van der Waals surface area contributed by atoms with Crippen LogP contribution >= 0.6 is 0 Å². The number of piperazine rings is 1. The van der Waals surface area contributed by atoms with Crippen LogP contribution in [0.3, 0.4) is 0 Å². The second-order valence-electron chi connectivity index (χ2n) is 7.86. The average Bonchev–Trinajstić information content (AvgIpc) is 2.76. The van der Waals surface area contributed by atoms with Gasteiger partial charge in [-0.05, 0) is 50.1 Å². The van der Waals surface area contributed by atoms with Crippen molar-refractivity contribution in [1.82, 2.24) is 14.7 Å². The molecule has 0 N–H and O–H groups in total. The Labute approximate surface area is 180 Å². The van der Waals surface area contributed by atoms with Crippen LogP contribution < -0.4 is 10.3 Å². The molecule has 0 saturated carbocycles. The molecule has 1 amide bonds. The number of anilines is 1. The highest BCUT2D eigenvalue weighted by Gasteiger charge is 2.26. The first-order valence-corrected chi connectivity index (χ1v) is 10.3. The van der Waals surface area contributed by atoms with Crippen LogP contribution in [0.2, 0.25) is 0 Å². The van der Waals surface area contributed by atoms with Gasteiger partial charge in [0, 0.05) is 43.6 Å². The van der Waals surface area contributed by atoms with E-state index in [1.165, 1.54) is 33.6 Å². The maximum atomic E-state index is 14.3. The molecule has 0 atom stereocenters. The van der Waals surface area contributed by atoms with Crippen molar-refractivity contribution in [2.45, 2.75) is 20.8 Å². The van der Waals surface area contributed by atoms with Crippen molar-refractivity contribution >= 4 is 11.6 Å². The van der Waals surface area contributed by atoms with E-state index in [0.29, 0.717) is 31.9 Å². The third kappa shape index (κ3) is 3.95. The summed E-state index contributed by atoms with van der Waals surface area (Å²) in [5.41, 5.74) is 3.66. The van der Waals surface area contributed by atoms with E-state index in [1.54, 1.807) is 30.0 Å². The number of aromatic nitrogens is 2. The van der Waals surface area contributed by atoms with Crippen LogP contribution in [0.15, 0.2) is 53.3 Å². The molecule has 0 aliphatic carbocycles. The normalized spacial score (nSPS) is 14.1. The summed E-state index contributed by atoms with van der Waals surface area (Å²) in [6.45, 7) is 8.17. The molecule has 1 fully saturated rings. The van der Waals surface area contributed by atoms with Gasteiger partial charge in [-0.3, -0.25) is 9.59 Å². The van der Waals surface area contributed by atoms with Crippen molar-refractivity contribution in [3.63, 3.8) is 0 Å². The lowest BCUT2D eigenvalue weighted by Gasteiger charge is -2.36. The van der Waals surface area contributed by atoms with Crippen LogP contribution in [0.4, 0.5) is 10.1 Å². The van der Waals surface area contributed by atoms with E-state index in [2.05, 4.69) is 36.0 Å². The molecule has 160 valence electrons. The summed E-state index contributed by atoms with van der Waals surface area (Å²) in [5, 5.41) is 4.24. The van der Waals surface area contributed by atoms with E-state index < -0.39 is 17.2 Å². The molecule has 0 unspecified atom stereocenters. The molecule has 1 aliphatic rings. The average molecular weight is 420 g/mol. The van der Waals surface area contributed by atoms with Gasteiger partial charge in [0.25, 0.3) is 5.91 Å². The minimum Gasteiger partial charge on any atom is -0.368 e. The quantitative estimate of drug-likeness (QED) is 0.653. The van der Waals surface area contributed by atoms with Crippen molar-refractivity contribution in [1.29, 1.82) is 0 Å². The fraction of sp³-hybridized carbons (Fsp3) is 0.292. The number of hydrogen-bond acceptors (Lipinski definition) is 4. The lowest BCUT2D eigenvalue weighted by Crippen LogP contribution is -2.50.